The number of alkyl halides is 2. The van der Waals surface area contributed by atoms with Crippen molar-refractivity contribution in [3.8, 4) is 11.5 Å². The molecule has 1 aliphatic rings. The molecule has 0 saturated heterocycles. The predicted molar refractivity (Wildman–Crippen MR) is 114 cm³/mol. The molecule has 2 aromatic heterocycles. The van der Waals surface area contributed by atoms with E-state index >= 15 is 0 Å². The van der Waals surface area contributed by atoms with E-state index < -0.39 is 25.0 Å². The average Bonchev–Trinajstić information content (AvgIpc) is 3.14. The van der Waals surface area contributed by atoms with Gasteiger partial charge in [-0.2, -0.15) is 0 Å². The molecule has 1 aromatic carbocycles. The predicted octanol–water partition coefficient (Wildman–Crippen LogP) is 4.37. The minimum absolute atomic E-state index is 0.0827. The Hall–Kier alpha value is -3.88. The van der Waals surface area contributed by atoms with Crippen LogP contribution in [-0.4, -0.2) is 39.8 Å². The first-order valence-electron chi connectivity index (χ1n) is 10.3. The lowest BCUT2D eigenvalue weighted by Crippen LogP contribution is -2.28. The summed E-state index contributed by atoms with van der Waals surface area (Å²) in [4.78, 5) is 35.8. The average molecular weight is 453 g/mol. The molecular weight excluding hydrogens is 432 g/mol. The standard InChI is InChI=1S/C24H21F2N3O4/c1-14-10-19(28-11-20(14)32-13-21(25)26)15(2)29-12-18-17(23(29)30)8-9-27-22(18)24(31)33-16-6-4-3-5-7-16/h3-11,15,21H,12-13H2,1-2H3. The zero-order valence-corrected chi connectivity index (χ0v) is 18.0. The summed E-state index contributed by atoms with van der Waals surface area (Å²) in [5.74, 6) is -0.260. The highest BCUT2D eigenvalue weighted by molar-refractivity contribution is 6.02. The second-order valence-electron chi connectivity index (χ2n) is 7.57. The third-order valence-electron chi connectivity index (χ3n) is 5.37. The number of carbonyl (C=O) groups is 2. The van der Waals surface area contributed by atoms with Crippen LogP contribution in [0.2, 0.25) is 0 Å². The van der Waals surface area contributed by atoms with Crippen LogP contribution in [0, 0.1) is 6.92 Å². The van der Waals surface area contributed by atoms with E-state index in [1.54, 1.807) is 61.2 Å². The van der Waals surface area contributed by atoms with E-state index in [0.717, 1.165) is 0 Å². The topological polar surface area (TPSA) is 81.6 Å². The fourth-order valence-corrected chi connectivity index (χ4v) is 3.64. The smallest absolute Gasteiger partial charge is 0.362 e. The molecule has 1 atom stereocenters. The van der Waals surface area contributed by atoms with E-state index in [1.165, 1.54) is 12.4 Å². The SMILES string of the molecule is Cc1cc(C(C)N2Cc3c(ccnc3C(=O)Oc3ccccc3)C2=O)ncc1OCC(F)F. The van der Waals surface area contributed by atoms with Crippen molar-refractivity contribution in [2.45, 2.75) is 32.9 Å². The minimum Gasteiger partial charge on any atom is -0.486 e. The van der Waals surface area contributed by atoms with E-state index in [-0.39, 0.29) is 23.9 Å². The van der Waals surface area contributed by atoms with Crippen LogP contribution in [0.4, 0.5) is 8.78 Å². The van der Waals surface area contributed by atoms with Gasteiger partial charge in [-0.25, -0.2) is 18.6 Å². The molecule has 7 nitrogen and oxygen atoms in total. The summed E-state index contributed by atoms with van der Waals surface area (Å²) in [6, 6.07) is 11.4. The van der Waals surface area contributed by atoms with Crippen LogP contribution in [0.25, 0.3) is 0 Å². The maximum atomic E-state index is 13.1. The van der Waals surface area contributed by atoms with E-state index in [0.29, 0.717) is 28.1 Å². The summed E-state index contributed by atoms with van der Waals surface area (Å²) >= 11 is 0. The van der Waals surface area contributed by atoms with Gasteiger partial charge in [0.15, 0.2) is 5.69 Å². The molecule has 0 saturated carbocycles. The molecule has 33 heavy (non-hydrogen) atoms. The third-order valence-corrected chi connectivity index (χ3v) is 5.37. The third kappa shape index (κ3) is 4.67. The van der Waals surface area contributed by atoms with Gasteiger partial charge in [0.05, 0.1) is 17.9 Å². The van der Waals surface area contributed by atoms with E-state index in [1.807, 2.05) is 0 Å². The van der Waals surface area contributed by atoms with Gasteiger partial charge in [-0.05, 0) is 43.7 Å². The van der Waals surface area contributed by atoms with Crippen molar-refractivity contribution >= 4 is 11.9 Å². The summed E-state index contributed by atoms with van der Waals surface area (Å²) in [7, 11) is 0. The second-order valence-corrected chi connectivity index (χ2v) is 7.57. The van der Waals surface area contributed by atoms with Crippen molar-refractivity contribution in [1.29, 1.82) is 0 Å². The van der Waals surface area contributed by atoms with Gasteiger partial charge in [-0.3, -0.25) is 9.78 Å². The van der Waals surface area contributed by atoms with E-state index in [9.17, 15) is 18.4 Å². The van der Waals surface area contributed by atoms with Gasteiger partial charge in [-0.1, -0.05) is 18.2 Å². The van der Waals surface area contributed by atoms with Crippen molar-refractivity contribution in [1.82, 2.24) is 14.9 Å². The Morgan fingerprint density at radius 3 is 2.64 bits per heavy atom. The van der Waals surface area contributed by atoms with Gasteiger partial charge in [-0.15, -0.1) is 0 Å². The number of para-hydroxylation sites is 1. The molecule has 1 amide bonds. The number of pyridine rings is 2. The van der Waals surface area contributed by atoms with E-state index in [4.69, 9.17) is 9.47 Å². The highest BCUT2D eigenvalue weighted by Crippen LogP contribution is 2.33. The zero-order valence-electron chi connectivity index (χ0n) is 18.0. The highest BCUT2D eigenvalue weighted by Gasteiger charge is 2.36. The molecule has 9 heteroatoms. The molecule has 170 valence electrons. The molecule has 1 aliphatic heterocycles. The van der Waals surface area contributed by atoms with Crippen molar-refractivity contribution < 1.29 is 27.8 Å². The zero-order chi connectivity index (χ0) is 23.5. The highest BCUT2D eigenvalue weighted by atomic mass is 19.3. The molecule has 1 unspecified atom stereocenters. The lowest BCUT2D eigenvalue weighted by atomic mass is 10.1. The van der Waals surface area contributed by atoms with Crippen LogP contribution in [0.5, 0.6) is 11.5 Å². The quantitative estimate of drug-likeness (QED) is 0.391. The summed E-state index contributed by atoms with van der Waals surface area (Å²) in [5, 5.41) is 0. The van der Waals surface area contributed by atoms with Crippen LogP contribution in [-0.2, 0) is 6.54 Å². The van der Waals surface area contributed by atoms with Gasteiger partial charge in [0.2, 0.25) is 0 Å². The molecular formula is C24H21F2N3O4. The van der Waals surface area contributed by atoms with Crippen LogP contribution in [0.1, 0.15) is 50.6 Å². The summed E-state index contributed by atoms with van der Waals surface area (Å²) in [5.41, 5.74) is 2.15. The van der Waals surface area contributed by atoms with Crippen molar-refractivity contribution in [3.05, 3.63) is 82.9 Å². The maximum absolute atomic E-state index is 13.1. The summed E-state index contributed by atoms with van der Waals surface area (Å²) in [6.07, 6.45) is 0.200. The molecule has 3 aromatic rings. The molecule has 0 bridgehead atoms. The molecule has 0 N–H and O–H groups in total. The Labute approximate surface area is 189 Å². The van der Waals surface area contributed by atoms with Crippen molar-refractivity contribution in [3.63, 3.8) is 0 Å². The Kier molecular flexibility index (Phi) is 6.30. The number of hydrogen-bond donors (Lipinski definition) is 0. The Bertz CT molecular complexity index is 1190. The molecule has 0 radical (unpaired) electrons. The maximum Gasteiger partial charge on any atom is 0.362 e. The Balaban J connectivity index is 1.54. The van der Waals surface area contributed by atoms with Crippen molar-refractivity contribution in [2.75, 3.05) is 6.61 Å². The number of fused-ring (bicyclic) bond motifs is 1. The fourth-order valence-electron chi connectivity index (χ4n) is 3.64. The number of hydrogen-bond acceptors (Lipinski definition) is 6. The second kappa shape index (κ2) is 9.32. The number of ether oxygens (including phenoxy) is 2. The lowest BCUT2D eigenvalue weighted by molar-refractivity contribution is 0.0698. The van der Waals surface area contributed by atoms with Gasteiger partial charge in [0.1, 0.15) is 18.1 Å². The molecule has 0 fully saturated rings. The molecule has 4 rings (SSSR count). The molecule has 3 heterocycles. The van der Waals surface area contributed by atoms with Gasteiger partial charge in [0, 0.05) is 23.9 Å². The number of benzene rings is 1. The number of rotatable bonds is 7. The van der Waals surface area contributed by atoms with Gasteiger partial charge >= 0.3 is 5.97 Å². The largest absolute Gasteiger partial charge is 0.486 e. The fraction of sp³-hybridized carbons (Fsp3) is 0.250. The number of halogens is 2. The first kappa shape index (κ1) is 22.3. The number of aryl methyl sites for hydroxylation is 1. The number of carbonyl (C=O) groups excluding carboxylic acids is 2. The van der Waals surface area contributed by atoms with Crippen LogP contribution in [0.15, 0.2) is 54.9 Å². The molecule has 0 spiro atoms. The molecule has 0 aliphatic carbocycles. The Morgan fingerprint density at radius 2 is 1.94 bits per heavy atom. The lowest BCUT2D eigenvalue weighted by Gasteiger charge is -2.24. The van der Waals surface area contributed by atoms with Crippen LogP contribution >= 0.6 is 0 Å². The number of aromatic nitrogens is 2. The first-order chi connectivity index (χ1) is 15.8. The van der Waals surface area contributed by atoms with Crippen LogP contribution < -0.4 is 9.47 Å². The monoisotopic (exact) mass is 453 g/mol. The first-order valence-corrected chi connectivity index (χ1v) is 10.3. The van der Waals surface area contributed by atoms with E-state index in [2.05, 4.69) is 9.97 Å². The summed E-state index contributed by atoms with van der Waals surface area (Å²) in [6.45, 7) is 2.97. The van der Waals surface area contributed by atoms with Crippen molar-refractivity contribution in [2.24, 2.45) is 0 Å². The van der Waals surface area contributed by atoms with Crippen LogP contribution in [0.3, 0.4) is 0 Å². The van der Waals surface area contributed by atoms with Gasteiger partial charge in [0.25, 0.3) is 12.3 Å². The normalized spacial score (nSPS) is 13.7. The summed E-state index contributed by atoms with van der Waals surface area (Å²) < 4.78 is 35.3. The number of amides is 1. The minimum atomic E-state index is -2.58. The number of nitrogens with zero attached hydrogens (tertiary/aromatic N) is 3. The Morgan fingerprint density at radius 1 is 1.18 bits per heavy atom. The van der Waals surface area contributed by atoms with Gasteiger partial charge < -0.3 is 14.4 Å². The number of esters is 1.